The van der Waals surface area contributed by atoms with Gasteiger partial charge in [-0.05, 0) is 22.9 Å². The summed E-state index contributed by atoms with van der Waals surface area (Å²) in [5.41, 5.74) is 0. The highest BCUT2D eigenvalue weighted by molar-refractivity contribution is 7.91. The highest BCUT2D eigenvalue weighted by Gasteiger charge is 2.13. The van der Waals surface area contributed by atoms with Crippen molar-refractivity contribution in [1.29, 1.82) is 0 Å². The van der Waals surface area contributed by atoms with Crippen molar-refractivity contribution < 1.29 is 8.42 Å². The molecule has 0 spiro atoms. The lowest BCUT2D eigenvalue weighted by Gasteiger charge is -2.09. The quantitative estimate of drug-likeness (QED) is 0.517. The van der Waals surface area contributed by atoms with E-state index in [4.69, 9.17) is 11.6 Å². The molecule has 0 aliphatic carbocycles. The molecular formula is C15H14ClN3O2S2. The van der Waals surface area contributed by atoms with Gasteiger partial charge in [0.2, 0.25) is 10.0 Å². The summed E-state index contributed by atoms with van der Waals surface area (Å²) >= 11 is 7.34. The van der Waals surface area contributed by atoms with E-state index >= 15 is 0 Å². The number of fused-ring (bicyclic) bond motifs is 1. The number of thiophene rings is 1. The van der Waals surface area contributed by atoms with Gasteiger partial charge in [0, 0.05) is 18.5 Å². The smallest absolute Gasteiger partial charge is 0.250 e. The molecule has 1 aromatic carbocycles. The first-order valence-electron chi connectivity index (χ1n) is 6.88. The van der Waals surface area contributed by atoms with Gasteiger partial charge >= 0.3 is 0 Å². The Kier molecular flexibility index (Phi) is 4.82. The molecule has 23 heavy (non-hydrogen) atoms. The maximum absolute atomic E-state index is 12.0. The Morgan fingerprint density at radius 3 is 2.74 bits per heavy atom. The van der Waals surface area contributed by atoms with E-state index in [-0.39, 0.29) is 6.54 Å². The van der Waals surface area contributed by atoms with Crippen LogP contribution in [0.3, 0.4) is 0 Å². The van der Waals surface area contributed by atoms with Gasteiger partial charge in [0.15, 0.2) is 0 Å². The third kappa shape index (κ3) is 3.81. The number of sulfonamides is 1. The van der Waals surface area contributed by atoms with Crippen LogP contribution in [-0.2, 0) is 10.0 Å². The average molecular weight is 368 g/mol. The summed E-state index contributed by atoms with van der Waals surface area (Å²) in [6.07, 6.45) is 0. The molecule has 0 fully saturated rings. The van der Waals surface area contributed by atoms with Gasteiger partial charge in [-0.15, -0.1) is 11.3 Å². The average Bonchev–Trinajstić information content (AvgIpc) is 3.07. The summed E-state index contributed by atoms with van der Waals surface area (Å²) in [6, 6.07) is 12.9. The summed E-state index contributed by atoms with van der Waals surface area (Å²) in [6.45, 7) is 0.665. The first-order chi connectivity index (χ1) is 11.1. The van der Waals surface area contributed by atoms with Crippen LogP contribution in [0.15, 0.2) is 52.1 Å². The Hall–Kier alpha value is -1.67. The SMILES string of the molecule is O=S(=O)(NCCNc1cc2ccccc2c(Cl)n1)c1cccs1. The predicted octanol–water partition coefficient (Wildman–Crippen LogP) is 3.34. The fourth-order valence-corrected chi connectivity index (χ4v) is 4.44. The minimum absolute atomic E-state index is 0.256. The lowest BCUT2D eigenvalue weighted by molar-refractivity contribution is 0.585. The van der Waals surface area contributed by atoms with Crippen molar-refractivity contribution in [2.45, 2.75) is 4.21 Å². The summed E-state index contributed by atoms with van der Waals surface area (Å²) in [5, 5.41) is 7.10. The maximum atomic E-state index is 12.0. The van der Waals surface area contributed by atoms with Crippen LogP contribution in [0.4, 0.5) is 5.82 Å². The highest BCUT2D eigenvalue weighted by atomic mass is 35.5. The summed E-state index contributed by atoms with van der Waals surface area (Å²) in [5.74, 6) is 0.615. The van der Waals surface area contributed by atoms with E-state index in [0.29, 0.717) is 21.7 Å². The van der Waals surface area contributed by atoms with Crippen LogP contribution in [0.2, 0.25) is 5.15 Å². The molecule has 0 unspecified atom stereocenters. The van der Waals surface area contributed by atoms with Gasteiger partial charge in [-0.3, -0.25) is 0 Å². The van der Waals surface area contributed by atoms with Gasteiger partial charge in [0.05, 0.1) is 0 Å². The Morgan fingerprint density at radius 2 is 1.96 bits per heavy atom. The molecule has 0 amide bonds. The number of hydrogen-bond donors (Lipinski definition) is 2. The van der Waals surface area contributed by atoms with Crippen LogP contribution in [-0.4, -0.2) is 26.5 Å². The Morgan fingerprint density at radius 1 is 1.13 bits per heavy atom. The summed E-state index contributed by atoms with van der Waals surface area (Å²) in [7, 11) is -3.43. The van der Waals surface area contributed by atoms with Crippen molar-refractivity contribution >= 4 is 49.6 Å². The third-order valence-corrected chi connectivity index (χ3v) is 6.32. The second kappa shape index (κ2) is 6.84. The van der Waals surface area contributed by atoms with Crippen LogP contribution in [0.25, 0.3) is 10.8 Å². The van der Waals surface area contributed by atoms with Crippen molar-refractivity contribution in [1.82, 2.24) is 9.71 Å². The topological polar surface area (TPSA) is 71.1 Å². The van der Waals surface area contributed by atoms with Gasteiger partial charge in [-0.2, -0.15) is 0 Å². The molecule has 0 saturated carbocycles. The van der Waals surface area contributed by atoms with E-state index < -0.39 is 10.0 Å². The standard InChI is InChI=1S/C15H14ClN3O2S2/c16-15-12-5-2-1-4-11(12)10-13(19-15)17-7-8-18-23(20,21)14-6-3-9-22-14/h1-6,9-10,18H,7-8H2,(H,17,19). The molecule has 8 heteroatoms. The zero-order valence-corrected chi connectivity index (χ0v) is 14.4. The minimum atomic E-state index is -3.43. The van der Waals surface area contributed by atoms with Crippen LogP contribution >= 0.6 is 22.9 Å². The number of anilines is 1. The molecule has 0 bridgehead atoms. The second-order valence-corrected chi connectivity index (χ2v) is 8.08. The molecule has 2 heterocycles. The number of nitrogens with one attached hydrogen (secondary N) is 2. The molecular weight excluding hydrogens is 354 g/mol. The van der Waals surface area contributed by atoms with Crippen molar-refractivity contribution in [3.63, 3.8) is 0 Å². The van der Waals surface area contributed by atoms with Crippen LogP contribution < -0.4 is 10.0 Å². The van der Waals surface area contributed by atoms with Crippen molar-refractivity contribution in [3.8, 4) is 0 Å². The zero-order chi connectivity index (χ0) is 16.3. The molecule has 0 aliphatic heterocycles. The Bertz CT molecular complexity index is 912. The Balaban J connectivity index is 1.61. The van der Waals surface area contributed by atoms with Gasteiger partial charge in [0.25, 0.3) is 0 Å². The summed E-state index contributed by atoms with van der Waals surface area (Å²) < 4.78 is 26.8. The molecule has 2 N–H and O–H groups in total. The predicted molar refractivity (Wildman–Crippen MR) is 94.8 cm³/mol. The van der Waals surface area contributed by atoms with Crippen molar-refractivity contribution in [3.05, 3.63) is 53.0 Å². The van der Waals surface area contributed by atoms with Crippen molar-refractivity contribution in [2.75, 3.05) is 18.4 Å². The van der Waals surface area contributed by atoms with Crippen LogP contribution in [0.5, 0.6) is 0 Å². The molecule has 3 aromatic rings. The number of hydrogen-bond acceptors (Lipinski definition) is 5. The Labute approximate surface area is 143 Å². The van der Waals surface area contributed by atoms with Gasteiger partial charge in [-0.25, -0.2) is 18.1 Å². The fourth-order valence-electron chi connectivity index (χ4n) is 2.11. The second-order valence-electron chi connectivity index (χ2n) is 4.78. The van der Waals surface area contributed by atoms with Crippen LogP contribution in [0.1, 0.15) is 0 Å². The van der Waals surface area contributed by atoms with E-state index in [1.807, 2.05) is 30.3 Å². The molecule has 2 aromatic heterocycles. The number of aromatic nitrogens is 1. The van der Waals surface area contributed by atoms with E-state index in [2.05, 4.69) is 15.0 Å². The highest BCUT2D eigenvalue weighted by Crippen LogP contribution is 2.24. The molecule has 0 atom stereocenters. The van der Waals surface area contributed by atoms with Gasteiger partial charge in [-0.1, -0.05) is 41.9 Å². The number of nitrogens with zero attached hydrogens (tertiary/aromatic N) is 1. The van der Waals surface area contributed by atoms with Gasteiger partial charge < -0.3 is 5.32 Å². The molecule has 0 saturated heterocycles. The molecule has 3 rings (SSSR count). The maximum Gasteiger partial charge on any atom is 0.250 e. The fraction of sp³-hybridized carbons (Fsp3) is 0.133. The number of halogens is 1. The van der Waals surface area contributed by atoms with Crippen LogP contribution in [0, 0.1) is 0 Å². The number of rotatable bonds is 6. The van der Waals surface area contributed by atoms with E-state index in [9.17, 15) is 8.42 Å². The first kappa shape index (κ1) is 16.2. The monoisotopic (exact) mass is 367 g/mol. The zero-order valence-electron chi connectivity index (χ0n) is 12.0. The summed E-state index contributed by atoms with van der Waals surface area (Å²) in [4.78, 5) is 4.26. The first-order valence-corrected chi connectivity index (χ1v) is 9.63. The molecule has 5 nitrogen and oxygen atoms in total. The molecule has 0 radical (unpaired) electrons. The largest absolute Gasteiger partial charge is 0.369 e. The lowest BCUT2D eigenvalue weighted by atomic mass is 10.2. The van der Waals surface area contributed by atoms with Crippen molar-refractivity contribution in [2.24, 2.45) is 0 Å². The van der Waals surface area contributed by atoms with E-state index in [1.54, 1.807) is 17.5 Å². The molecule has 0 aliphatic rings. The van der Waals surface area contributed by atoms with Gasteiger partial charge in [0.1, 0.15) is 15.2 Å². The lowest BCUT2D eigenvalue weighted by Crippen LogP contribution is -2.28. The number of pyridine rings is 1. The normalized spacial score (nSPS) is 11.7. The van der Waals surface area contributed by atoms with E-state index in [1.165, 1.54) is 11.3 Å². The van der Waals surface area contributed by atoms with E-state index in [0.717, 1.165) is 10.8 Å². The third-order valence-electron chi connectivity index (χ3n) is 3.18. The minimum Gasteiger partial charge on any atom is -0.369 e. The number of benzene rings is 1. The molecule has 120 valence electrons.